The summed E-state index contributed by atoms with van der Waals surface area (Å²) >= 11 is 0. The van der Waals surface area contributed by atoms with Gasteiger partial charge in [0.2, 0.25) is 5.91 Å². The van der Waals surface area contributed by atoms with Gasteiger partial charge in [0, 0.05) is 31.8 Å². The van der Waals surface area contributed by atoms with Gasteiger partial charge < -0.3 is 14.7 Å². The standard InChI is InChI=1S/C19H23N3O4/c1-12-15(10-20-21(12)2)18-14(19(24)25)9-17(23)22(18)11-16(26-3)13-7-5-4-6-8-13/h4-8,10,14,16,18H,9,11H2,1-3H3,(H,24,25)/t14-,16?,18-/m0/s1. The van der Waals surface area contributed by atoms with Gasteiger partial charge in [0.25, 0.3) is 0 Å². The monoisotopic (exact) mass is 357 g/mol. The van der Waals surface area contributed by atoms with Gasteiger partial charge in [-0.15, -0.1) is 0 Å². The van der Waals surface area contributed by atoms with Crippen LogP contribution in [0, 0.1) is 12.8 Å². The molecule has 1 N–H and O–H groups in total. The Morgan fingerprint density at radius 2 is 2.08 bits per heavy atom. The first kappa shape index (κ1) is 18.1. The molecule has 0 bridgehead atoms. The van der Waals surface area contributed by atoms with Crippen LogP contribution in [-0.2, 0) is 21.4 Å². The fraction of sp³-hybridized carbons (Fsp3) is 0.421. The summed E-state index contributed by atoms with van der Waals surface area (Å²) in [4.78, 5) is 26.1. The van der Waals surface area contributed by atoms with Crippen molar-refractivity contribution in [3.63, 3.8) is 0 Å². The van der Waals surface area contributed by atoms with E-state index in [0.29, 0.717) is 6.54 Å². The topological polar surface area (TPSA) is 84.7 Å². The van der Waals surface area contributed by atoms with E-state index in [4.69, 9.17) is 4.74 Å². The quantitative estimate of drug-likeness (QED) is 0.856. The fourth-order valence-corrected chi connectivity index (χ4v) is 3.58. The van der Waals surface area contributed by atoms with Crippen molar-refractivity contribution < 1.29 is 19.4 Å². The Morgan fingerprint density at radius 3 is 2.62 bits per heavy atom. The van der Waals surface area contributed by atoms with Crippen molar-refractivity contribution in [2.75, 3.05) is 13.7 Å². The van der Waals surface area contributed by atoms with Gasteiger partial charge in [-0.2, -0.15) is 5.10 Å². The van der Waals surface area contributed by atoms with E-state index >= 15 is 0 Å². The highest BCUT2D eigenvalue weighted by molar-refractivity contribution is 5.87. The van der Waals surface area contributed by atoms with Crippen LogP contribution in [0.25, 0.3) is 0 Å². The minimum atomic E-state index is -0.970. The molecule has 7 nitrogen and oxygen atoms in total. The molecule has 1 aliphatic rings. The molecule has 1 saturated heterocycles. The number of hydrogen-bond acceptors (Lipinski definition) is 4. The molecule has 0 aliphatic carbocycles. The zero-order valence-corrected chi connectivity index (χ0v) is 15.1. The Kier molecular flexibility index (Phi) is 5.08. The second-order valence-corrected chi connectivity index (χ2v) is 6.58. The second-order valence-electron chi connectivity index (χ2n) is 6.58. The lowest BCUT2D eigenvalue weighted by Crippen LogP contribution is -2.35. The number of carboxylic acid groups (broad SMARTS) is 1. The van der Waals surface area contributed by atoms with Crippen molar-refractivity contribution in [1.29, 1.82) is 0 Å². The number of aryl methyl sites for hydroxylation is 1. The largest absolute Gasteiger partial charge is 0.481 e. The smallest absolute Gasteiger partial charge is 0.309 e. The van der Waals surface area contributed by atoms with Crippen LogP contribution >= 0.6 is 0 Å². The zero-order chi connectivity index (χ0) is 18.8. The number of rotatable bonds is 6. The summed E-state index contributed by atoms with van der Waals surface area (Å²) in [5.74, 6) is -1.94. The van der Waals surface area contributed by atoms with Gasteiger partial charge in [0.15, 0.2) is 0 Å². The first-order valence-electron chi connectivity index (χ1n) is 8.52. The number of amides is 1. The van der Waals surface area contributed by atoms with Gasteiger partial charge in [0.1, 0.15) is 0 Å². The number of benzene rings is 1. The Bertz CT molecular complexity index is 802. The summed E-state index contributed by atoms with van der Waals surface area (Å²) < 4.78 is 7.29. The number of carboxylic acids is 1. The van der Waals surface area contributed by atoms with Gasteiger partial charge in [-0.25, -0.2) is 0 Å². The Hall–Kier alpha value is -2.67. The van der Waals surface area contributed by atoms with Crippen LogP contribution in [0.2, 0.25) is 0 Å². The number of carbonyl (C=O) groups excluding carboxylic acids is 1. The van der Waals surface area contributed by atoms with E-state index in [1.165, 1.54) is 0 Å². The average Bonchev–Trinajstić information content (AvgIpc) is 3.13. The molecule has 1 fully saturated rings. The summed E-state index contributed by atoms with van der Waals surface area (Å²) in [6, 6.07) is 9.07. The van der Waals surface area contributed by atoms with Gasteiger partial charge in [-0.1, -0.05) is 30.3 Å². The molecule has 0 spiro atoms. The predicted octanol–water partition coefficient (Wildman–Crippen LogP) is 2.09. The van der Waals surface area contributed by atoms with E-state index in [1.54, 1.807) is 29.9 Å². The van der Waals surface area contributed by atoms with Gasteiger partial charge in [-0.05, 0) is 12.5 Å². The highest BCUT2D eigenvalue weighted by atomic mass is 16.5. The van der Waals surface area contributed by atoms with Crippen molar-refractivity contribution in [2.24, 2.45) is 13.0 Å². The average molecular weight is 357 g/mol. The number of hydrogen-bond donors (Lipinski definition) is 1. The molecular weight excluding hydrogens is 334 g/mol. The number of ether oxygens (including phenoxy) is 1. The summed E-state index contributed by atoms with van der Waals surface area (Å²) in [6.45, 7) is 2.18. The molecular formula is C19H23N3O4. The fourth-order valence-electron chi connectivity index (χ4n) is 3.58. The number of aromatic nitrogens is 2. The molecule has 3 atom stereocenters. The van der Waals surface area contributed by atoms with Gasteiger partial charge in [0.05, 0.1) is 30.8 Å². The Morgan fingerprint density at radius 1 is 1.38 bits per heavy atom. The maximum absolute atomic E-state index is 12.7. The van der Waals surface area contributed by atoms with E-state index in [1.807, 2.05) is 37.3 Å². The highest BCUT2D eigenvalue weighted by Crippen LogP contribution is 2.40. The molecule has 2 aromatic rings. The van der Waals surface area contributed by atoms with Crippen molar-refractivity contribution in [2.45, 2.75) is 25.5 Å². The molecule has 1 aliphatic heterocycles. The maximum atomic E-state index is 12.7. The Balaban J connectivity index is 1.96. The number of likely N-dealkylation sites (tertiary alicyclic amines) is 1. The lowest BCUT2D eigenvalue weighted by molar-refractivity contribution is -0.142. The van der Waals surface area contributed by atoms with Crippen LogP contribution in [0.15, 0.2) is 36.5 Å². The number of carbonyl (C=O) groups is 2. The molecule has 7 heteroatoms. The summed E-state index contributed by atoms with van der Waals surface area (Å²) in [5.41, 5.74) is 2.58. The minimum Gasteiger partial charge on any atom is -0.481 e. The highest BCUT2D eigenvalue weighted by Gasteiger charge is 2.46. The van der Waals surface area contributed by atoms with E-state index in [0.717, 1.165) is 16.8 Å². The van der Waals surface area contributed by atoms with Crippen LogP contribution in [0.3, 0.4) is 0 Å². The van der Waals surface area contributed by atoms with E-state index in [2.05, 4.69) is 5.10 Å². The molecule has 3 rings (SSSR count). The van der Waals surface area contributed by atoms with E-state index in [-0.39, 0.29) is 18.4 Å². The van der Waals surface area contributed by atoms with Crippen LogP contribution < -0.4 is 0 Å². The Labute approximate surface area is 152 Å². The third-order valence-electron chi connectivity index (χ3n) is 5.16. The minimum absolute atomic E-state index is 0.0143. The van der Waals surface area contributed by atoms with Crippen LogP contribution in [0.1, 0.15) is 35.4 Å². The lowest BCUT2D eigenvalue weighted by atomic mass is 9.94. The van der Waals surface area contributed by atoms with Crippen molar-refractivity contribution in [3.8, 4) is 0 Å². The maximum Gasteiger partial charge on any atom is 0.309 e. The number of aliphatic carboxylic acids is 1. The first-order valence-corrected chi connectivity index (χ1v) is 8.52. The van der Waals surface area contributed by atoms with Crippen LogP contribution in [-0.4, -0.2) is 45.3 Å². The molecule has 0 saturated carbocycles. The summed E-state index contributed by atoms with van der Waals surface area (Å²) in [7, 11) is 3.40. The summed E-state index contributed by atoms with van der Waals surface area (Å²) in [5, 5.41) is 13.9. The first-order chi connectivity index (χ1) is 12.4. The SMILES string of the molecule is COC(CN1C(=O)C[C@H](C(=O)O)[C@H]1c1cnn(C)c1C)c1ccccc1. The third-order valence-corrected chi connectivity index (χ3v) is 5.16. The van der Waals surface area contributed by atoms with Crippen LogP contribution in [0.5, 0.6) is 0 Å². The van der Waals surface area contributed by atoms with Crippen molar-refractivity contribution in [3.05, 3.63) is 53.3 Å². The second kappa shape index (κ2) is 7.29. The molecule has 2 heterocycles. The van der Waals surface area contributed by atoms with E-state index < -0.39 is 17.9 Å². The number of methoxy groups -OCH3 is 1. The van der Waals surface area contributed by atoms with Crippen LogP contribution in [0.4, 0.5) is 0 Å². The molecule has 1 amide bonds. The number of nitrogens with zero attached hydrogens (tertiary/aromatic N) is 3. The van der Waals surface area contributed by atoms with Gasteiger partial charge >= 0.3 is 5.97 Å². The molecule has 26 heavy (non-hydrogen) atoms. The third kappa shape index (κ3) is 3.22. The van der Waals surface area contributed by atoms with E-state index in [9.17, 15) is 14.7 Å². The summed E-state index contributed by atoms with van der Waals surface area (Å²) in [6.07, 6.45) is 1.32. The molecule has 1 unspecified atom stereocenters. The zero-order valence-electron chi connectivity index (χ0n) is 15.1. The van der Waals surface area contributed by atoms with Gasteiger partial charge in [-0.3, -0.25) is 14.3 Å². The molecule has 0 radical (unpaired) electrons. The van der Waals surface area contributed by atoms with Crippen molar-refractivity contribution in [1.82, 2.24) is 14.7 Å². The van der Waals surface area contributed by atoms with Crippen molar-refractivity contribution >= 4 is 11.9 Å². The molecule has 1 aromatic carbocycles. The predicted molar refractivity (Wildman–Crippen MR) is 94.3 cm³/mol. The molecule has 138 valence electrons. The normalized spacial score (nSPS) is 21.2. The molecule has 1 aromatic heterocycles. The lowest BCUT2D eigenvalue weighted by Gasteiger charge is -2.30.